The molecular formula is C10H16ClNO2. The van der Waals surface area contributed by atoms with E-state index in [0.717, 1.165) is 6.54 Å². The Morgan fingerprint density at radius 2 is 2.29 bits per heavy atom. The second-order valence-corrected chi connectivity index (χ2v) is 4.80. The first kappa shape index (κ1) is 10.2. The average Bonchev–Trinajstić information content (AvgIpc) is 3.00. The third-order valence-corrected chi connectivity index (χ3v) is 3.08. The van der Waals surface area contributed by atoms with Gasteiger partial charge in [-0.05, 0) is 25.7 Å². The lowest BCUT2D eigenvalue weighted by Crippen LogP contribution is -2.48. The van der Waals surface area contributed by atoms with Crippen molar-refractivity contribution in [3.8, 4) is 0 Å². The maximum Gasteiger partial charge on any atom is 0.240 e. The number of alkyl halides is 1. The zero-order chi connectivity index (χ0) is 10.1. The standard InChI is InChI=1S/C10H16ClNO2/c1-7(11)10(13)12-4-5-14-9(6-12)8-2-3-8/h7-9H,2-6H2,1H3. The fourth-order valence-electron chi connectivity index (χ4n) is 1.88. The van der Waals surface area contributed by atoms with Crippen molar-refractivity contribution < 1.29 is 9.53 Å². The second kappa shape index (κ2) is 4.07. The molecule has 0 aromatic heterocycles. The van der Waals surface area contributed by atoms with Gasteiger partial charge in [-0.3, -0.25) is 4.79 Å². The van der Waals surface area contributed by atoms with Crippen molar-refractivity contribution in [2.75, 3.05) is 19.7 Å². The molecule has 1 aliphatic carbocycles. The molecule has 80 valence electrons. The summed E-state index contributed by atoms with van der Waals surface area (Å²) in [4.78, 5) is 13.5. The Morgan fingerprint density at radius 1 is 1.57 bits per heavy atom. The van der Waals surface area contributed by atoms with Gasteiger partial charge in [0.2, 0.25) is 5.91 Å². The van der Waals surface area contributed by atoms with Crippen LogP contribution in [-0.2, 0) is 9.53 Å². The maximum absolute atomic E-state index is 11.6. The van der Waals surface area contributed by atoms with Crippen molar-refractivity contribution in [1.29, 1.82) is 0 Å². The maximum atomic E-state index is 11.6. The third-order valence-electron chi connectivity index (χ3n) is 2.89. The minimum absolute atomic E-state index is 0.0422. The van der Waals surface area contributed by atoms with Crippen LogP contribution in [0.25, 0.3) is 0 Å². The highest BCUT2D eigenvalue weighted by molar-refractivity contribution is 6.30. The fourth-order valence-corrected chi connectivity index (χ4v) is 2.02. The van der Waals surface area contributed by atoms with Gasteiger partial charge in [-0.25, -0.2) is 0 Å². The SMILES string of the molecule is CC(Cl)C(=O)N1CCOC(C2CC2)C1. The fraction of sp³-hybridized carbons (Fsp3) is 0.900. The Morgan fingerprint density at radius 3 is 2.86 bits per heavy atom. The van der Waals surface area contributed by atoms with Crippen molar-refractivity contribution in [1.82, 2.24) is 4.90 Å². The Balaban J connectivity index is 1.89. The molecule has 2 aliphatic rings. The lowest BCUT2D eigenvalue weighted by atomic mass is 10.2. The highest BCUT2D eigenvalue weighted by Gasteiger charge is 2.36. The Labute approximate surface area is 89.4 Å². The van der Waals surface area contributed by atoms with Gasteiger partial charge < -0.3 is 9.64 Å². The molecule has 2 unspecified atom stereocenters. The highest BCUT2D eigenvalue weighted by Crippen LogP contribution is 2.35. The average molecular weight is 218 g/mol. The van der Waals surface area contributed by atoms with E-state index in [4.69, 9.17) is 16.3 Å². The number of carbonyl (C=O) groups is 1. The first-order valence-electron chi connectivity index (χ1n) is 5.23. The first-order valence-corrected chi connectivity index (χ1v) is 5.66. The van der Waals surface area contributed by atoms with Crippen LogP contribution >= 0.6 is 11.6 Å². The van der Waals surface area contributed by atoms with Crippen molar-refractivity contribution in [2.24, 2.45) is 5.92 Å². The van der Waals surface area contributed by atoms with Gasteiger partial charge in [0.15, 0.2) is 0 Å². The molecule has 0 radical (unpaired) electrons. The molecule has 0 aromatic rings. The monoisotopic (exact) mass is 217 g/mol. The van der Waals surface area contributed by atoms with E-state index in [1.807, 2.05) is 4.90 Å². The number of rotatable bonds is 2. The molecule has 14 heavy (non-hydrogen) atoms. The summed E-state index contributed by atoms with van der Waals surface area (Å²) in [6.07, 6.45) is 2.77. The van der Waals surface area contributed by atoms with Gasteiger partial charge in [0.05, 0.1) is 12.7 Å². The number of nitrogens with zero attached hydrogens (tertiary/aromatic N) is 1. The topological polar surface area (TPSA) is 29.5 Å². The normalized spacial score (nSPS) is 30.1. The smallest absolute Gasteiger partial charge is 0.240 e. The van der Waals surface area contributed by atoms with Gasteiger partial charge in [-0.15, -0.1) is 11.6 Å². The second-order valence-electron chi connectivity index (χ2n) is 4.15. The van der Waals surface area contributed by atoms with E-state index in [-0.39, 0.29) is 12.0 Å². The molecular weight excluding hydrogens is 202 g/mol. The molecule has 4 heteroatoms. The molecule has 0 aromatic carbocycles. The number of hydrogen-bond acceptors (Lipinski definition) is 2. The van der Waals surface area contributed by atoms with E-state index in [0.29, 0.717) is 19.1 Å². The van der Waals surface area contributed by atoms with Gasteiger partial charge in [-0.2, -0.15) is 0 Å². The van der Waals surface area contributed by atoms with Crippen LogP contribution in [0.15, 0.2) is 0 Å². The largest absolute Gasteiger partial charge is 0.374 e. The van der Waals surface area contributed by atoms with E-state index in [1.54, 1.807) is 6.92 Å². The summed E-state index contributed by atoms with van der Waals surface area (Å²) in [7, 11) is 0. The van der Waals surface area contributed by atoms with Crippen LogP contribution in [-0.4, -0.2) is 42.0 Å². The summed E-state index contributed by atoms with van der Waals surface area (Å²) in [6, 6.07) is 0. The number of amides is 1. The molecule has 2 fully saturated rings. The van der Waals surface area contributed by atoms with Gasteiger partial charge in [0.1, 0.15) is 5.38 Å². The Bertz CT molecular complexity index is 228. The lowest BCUT2D eigenvalue weighted by molar-refractivity contribution is -0.138. The summed E-state index contributed by atoms with van der Waals surface area (Å²) >= 11 is 5.77. The van der Waals surface area contributed by atoms with E-state index in [2.05, 4.69) is 0 Å². The van der Waals surface area contributed by atoms with Crippen molar-refractivity contribution in [3.05, 3.63) is 0 Å². The highest BCUT2D eigenvalue weighted by atomic mass is 35.5. The first-order chi connectivity index (χ1) is 6.68. The lowest BCUT2D eigenvalue weighted by Gasteiger charge is -2.33. The van der Waals surface area contributed by atoms with E-state index in [1.165, 1.54) is 12.8 Å². The van der Waals surface area contributed by atoms with E-state index in [9.17, 15) is 4.79 Å². The zero-order valence-electron chi connectivity index (χ0n) is 8.41. The minimum atomic E-state index is -0.409. The predicted octanol–water partition coefficient (Wildman–Crippen LogP) is 1.25. The summed E-state index contributed by atoms with van der Waals surface area (Å²) in [5.41, 5.74) is 0. The summed E-state index contributed by atoms with van der Waals surface area (Å²) in [5.74, 6) is 0.733. The summed E-state index contributed by atoms with van der Waals surface area (Å²) in [5, 5.41) is -0.409. The molecule has 2 atom stereocenters. The summed E-state index contributed by atoms with van der Waals surface area (Å²) < 4.78 is 5.63. The van der Waals surface area contributed by atoms with Crippen molar-refractivity contribution in [2.45, 2.75) is 31.2 Å². The number of carbonyl (C=O) groups excluding carboxylic acids is 1. The molecule has 1 heterocycles. The predicted molar refractivity (Wildman–Crippen MR) is 54.4 cm³/mol. The number of hydrogen-bond donors (Lipinski definition) is 0. The van der Waals surface area contributed by atoms with Crippen LogP contribution in [0, 0.1) is 5.92 Å². The van der Waals surface area contributed by atoms with Crippen LogP contribution in [0.2, 0.25) is 0 Å². The van der Waals surface area contributed by atoms with Gasteiger partial charge in [-0.1, -0.05) is 0 Å². The van der Waals surface area contributed by atoms with Crippen molar-refractivity contribution in [3.63, 3.8) is 0 Å². The van der Waals surface area contributed by atoms with E-state index >= 15 is 0 Å². The van der Waals surface area contributed by atoms with Gasteiger partial charge >= 0.3 is 0 Å². The van der Waals surface area contributed by atoms with Gasteiger partial charge in [0, 0.05) is 13.1 Å². The molecule has 0 spiro atoms. The van der Waals surface area contributed by atoms with Gasteiger partial charge in [0.25, 0.3) is 0 Å². The summed E-state index contributed by atoms with van der Waals surface area (Å²) in [6.45, 7) is 3.82. The number of halogens is 1. The van der Waals surface area contributed by atoms with E-state index < -0.39 is 5.38 Å². The molecule has 0 bridgehead atoms. The van der Waals surface area contributed by atoms with Crippen LogP contribution in [0.1, 0.15) is 19.8 Å². The Hall–Kier alpha value is -0.280. The number of morpholine rings is 1. The molecule has 1 saturated heterocycles. The molecule has 3 nitrogen and oxygen atoms in total. The minimum Gasteiger partial charge on any atom is -0.374 e. The molecule has 1 aliphatic heterocycles. The molecule has 2 rings (SSSR count). The zero-order valence-corrected chi connectivity index (χ0v) is 9.17. The molecule has 1 amide bonds. The molecule has 1 saturated carbocycles. The van der Waals surface area contributed by atoms with Crippen LogP contribution in [0.5, 0.6) is 0 Å². The van der Waals surface area contributed by atoms with Crippen LogP contribution < -0.4 is 0 Å². The quantitative estimate of drug-likeness (QED) is 0.652. The third kappa shape index (κ3) is 2.20. The number of ether oxygens (including phenoxy) is 1. The van der Waals surface area contributed by atoms with Crippen LogP contribution in [0.4, 0.5) is 0 Å². The Kier molecular flexibility index (Phi) is 2.98. The van der Waals surface area contributed by atoms with Crippen LogP contribution in [0.3, 0.4) is 0 Å². The molecule has 0 N–H and O–H groups in total. The van der Waals surface area contributed by atoms with Crippen molar-refractivity contribution >= 4 is 17.5 Å².